The lowest BCUT2D eigenvalue weighted by Crippen LogP contribution is -2.33. The third kappa shape index (κ3) is 3.13. The average molecular weight is 395 g/mol. The molecule has 0 aliphatic rings. The Morgan fingerprint density at radius 3 is 2.38 bits per heavy atom. The Labute approximate surface area is 153 Å². The Balaban J connectivity index is 2.10. The highest BCUT2D eigenvalue weighted by molar-refractivity contribution is 6.37. The van der Waals surface area contributed by atoms with Crippen molar-refractivity contribution < 1.29 is 4.74 Å². The van der Waals surface area contributed by atoms with Crippen LogP contribution >= 0.6 is 23.2 Å². The van der Waals surface area contributed by atoms with E-state index in [0.717, 1.165) is 4.68 Å². The molecule has 0 aliphatic heterocycles. The van der Waals surface area contributed by atoms with E-state index in [9.17, 15) is 14.4 Å². The molecule has 2 aromatic heterocycles. The van der Waals surface area contributed by atoms with Gasteiger partial charge in [0.2, 0.25) is 11.6 Å². The van der Waals surface area contributed by atoms with E-state index in [2.05, 4.69) is 10.2 Å². The zero-order valence-corrected chi connectivity index (χ0v) is 14.4. The highest BCUT2D eigenvalue weighted by Gasteiger charge is 2.16. The summed E-state index contributed by atoms with van der Waals surface area (Å²) in [5, 5.41) is 15.0. The normalized spacial score (nSPS) is 10.5. The van der Waals surface area contributed by atoms with Crippen LogP contribution in [0, 0.1) is 11.3 Å². The fraction of sp³-hybridized carbons (Fsp3) is 0.0714. The van der Waals surface area contributed by atoms with Gasteiger partial charge < -0.3 is 4.74 Å². The van der Waals surface area contributed by atoms with Crippen molar-refractivity contribution in [1.82, 2.24) is 24.5 Å². The Morgan fingerprint density at radius 1 is 1.19 bits per heavy atom. The molecule has 0 fully saturated rings. The first-order valence-electron chi connectivity index (χ1n) is 6.87. The van der Waals surface area contributed by atoms with Crippen molar-refractivity contribution >= 4 is 23.2 Å². The zero-order valence-electron chi connectivity index (χ0n) is 12.9. The Morgan fingerprint density at radius 2 is 1.85 bits per heavy atom. The van der Waals surface area contributed by atoms with Gasteiger partial charge in [0, 0.05) is 7.05 Å². The highest BCUT2D eigenvalue weighted by Crippen LogP contribution is 2.37. The van der Waals surface area contributed by atoms with Gasteiger partial charge in [0.25, 0.3) is 11.1 Å². The maximum absolute atomic E-state index is 11.9. The molecule has 0 spiro atoms. The van der Waals surface area contributed by atoms with Gasteiger partial charge in [0.1, 0.15) is 6.07 Å². The number of ether oxygens (including phenoxy) is 1. The van der Waals surface area contributed by atoms with Gasteiger partial charge >= 0.3 is 5.69 Å². The summed E-state index contributed by atoms with van der Waals surface area (Å²) in [6.07, 6.45) is 0. The van der Waals surface area contributed by atoms with E-state index >= 15 is 0 Å². The summed E-state index contributed by atoms with van der Waals surface area (Å²) >= 11 is 12.3. The second kappa shape index (κ2) is 6.55. The number of rotatable bonds is 3. The topological polar surface area (TPSA) is 139 Å². The van der Waals surface area contributed by atoms with Crippen molar-refractivity contribution in [3.8, 4) is 23.4 Å². The fourth-order valence-corrected chi connectivity index (χ4v) is 2.63. The number of benzene rings is 1. The quantitative estimate of drug-likeness (QED) is 0.676. The number of hydrogen-bond donors (Lipinski definition) is 2. The largest absolute Gasteiger partial charge is 0.436 e. The average Bonchev–Trinajstić information content (AvgIpc) is 2.88. The maximum atomic E-state index is 11.9. The van der Waals surface area contributed by atoms with E-state index in [1.165, 1.54) is 22.9 Å². The molecule has 0 atom stereocenters. The van der Waals surface area contributed by atoms with Crippen LogP contribution in [0.25, 0.3) is 5.69 Å². The van der Waals surface area contributed by atoms with Gasteiger partial charge in [-0.3, -0.25) is 24.4 Å². The molecular formula is C14H8Cl2N6O4. The summed E-state index contributed by atoms with van der Waals surface area (Å²) < 4.78 is 7.63. The van der Waals surface area contributed by atoms with Gasteiger partial charge in [-0.15, -0.1) is 5.10 Å². The molecule has 2 N–H and O–H groups in total. The SMILES string of the molecule is Cn1[nH]c(=O)cc1Oc1c(Cl)cc(-n2nc(C#N)c(=O)[nH]c2=O)cc1Cl. The molecule has 132 valence electrons. The molecule has 0 aliphatic carbocycles. The number of hydrogen-bond acceptors (Lipinski definition) is 6. The number of nitrogens with zero attached hydrogens (tertiary/aromatic N) is 4. The minimum Gasteiger partial charge on any atom is -0.436 e. The van der Waals surface area contributed by atoms with E-state index in [1.54, 1.807) is 13.1 Å². The van der Waals surface area contributed by atoms with E-state index < -0.39 is 16.9 Å². The minimum atomic E-state index is -0.903. The Hall–Kier alpha value is -3.29. The van der Waals surface area contributed by atoms with Gasteiger partial charge in [0.05, 0.1) is 21.8 Å². The molecule has 0 saturated carbocycles. The molecule has 26 heavy (non-hydrogen) atoms. The Kier molecular flexibility index (Phi) is 4.41. The number of aromatic nitrogens is 5. The summed E-state index contributed by atoms with van der Waals surface area (Å²) in [6.45, 7) is 0. The first-order chi connectivity index (χ1) is 12.3. The Bertz CT molecular complexity index is 1210. The summed E-state index contributed by atoms with van der Waals surface area (Å²) in [4.78, 5) is 36.6. The summed E-state index contributed by atoms with van der Waals surface area (Å²) in [6, 6.07) is 5.39. The predicted molar refractivity (Wildman–Crippen MR) is 91.3 cm³/mol. The van der Waals surface area contributed by atoms with Crippen molar-refractivity contribution in [2.24, 2.45) is 7.05 Å². The van der Waals surface area contributed by atoms with Gasteiger partial charge in [-0.2, -0.15) is 9.94 Å². The van der Waals surface area contributed by atoms with Crippen LogP contribution in [0.3, 0.4) is 0 Å². The van der Waals surface area contributed by atoms with E-state index in [0.29, 0.717) is 0 Å². The van der Waals surface area contributed by atoms with Crippen LogP contribution in [0.5, 0.6) is 11.6 Å². The molecule has 0 saturated heterocycles. The number of aryl methyl sites for hydroxylation is 1. The van der Waals surface area contributed by atoms with Crippen LogP contribution in [0.2, 0.25) is 10.0 Å². The monoisotopic (exact) mass is 394 g/mol. The van der Waals surface area contributed by atoms with Crippen LogP contribution in [0.4, 0.5) is 0 Å². The zero-order chi connectivity index (χ0) is 19.0. The predicted octanol–water partition coefficient (Wildman–Crippen LogP) is 0.918. The van der Waals surface area contributed by atoms with E-state index in [-0.39, 0.29) is 32.9 Å². The van der Waals surface area contributed by atoms with Gasteiger partial charge in [-0.05, 0) is 12.1 Å². The van der Waals surface area contributed by atoms with Crippen LogP contribution in [0.1, 0.15) is 5.69 Å². The first kappa shape index (κ1) is 17.5. The van der Waals surface area contributed by atoms with Crippen molar-refractivity contribution in [3.63, 3.8) is 0 Å². The first-order valence-corrected chi connectivity index (χ1v) is 7.63. The van der Waals surface area contributed by atoms with Gasteiger partial charge in [0.15, 0.2) is 5.75 Å². The number of H-pyrrole nitrogens is 2. The molecule has 0 amide bonds. The molecule has 0 bridgehead atoms. The second-order valence-corrected chi connectivity index (χ2v) is 5.80. The molecule has 3 aromatic rings. The number of aromatic amines is 2. The van der Waals surface area contributed by atoms with Crippen LogP contribution in [-0.4, -0.2) is 24.5 Å². The molecular weight excluding hydrogens is 387 g/mol. The molecule has 0 radical (unpaired) electrons. The highest BCUT2D eigenvalue weighted by atomic mass is 35.5. The third-order valence-corrected chi connectivity index (χ3v) is 3.79. The number of nitrogens with one attached hydrogen (secondary N) is 2. The second-order valence-electron chi connectivity index (χ2n) is 4.99. The molecule has 2 heterocycles. The van der Waals surface area contributed by atoms with E-state index in [4.69, 9.17) is 33.2 Å². The van der Waals surface area contributed by atoms with Gasteiger partial charge in [-0.25, -0.2) is 4.79 Å². The van der Waals surface area contributed by atoms with Crippen molar-refractivity contribution in [2.75, 3.05) is 0 Å². The maximum Gasteiger partial charge on any atom is 0.349 e. The molecule has 12 heteroatoms. The summed E-state index contributed by atoms with van der Waals surface area (Å²) in [5.41, 5.74) is -2.55. The van der Waals surface area contributed by atoms with Crippen LogP contribution in [0.15, 0.2) is 32.6 Å². The molecule has 10 nitrogen and oxygen atoms in total. The molecule has 3 rings (SSSR count). The molecule has 0 unspecified atom stereocenters. The lowest BCUT2D eigenvalue weighted by atomic mass is 10.3. The minimum absolute atomic E-state index is 0.0135. The third-order valence-electron chi connectivity index (χ3n) is 3.23. The smallest absolute Gasteiger partial charge is 0.349 e. The number of nitriles is 1. The standard InChI is InChI=1S/C14H8Cl2N6O4/c1-21-11(4-10(23)20-21)26-12-7(15)2-6(3-8(12)16)22-14(25)18-13(24)9(5-17)19-22/h2-4H,1H3,(H,20,23)(H,18,24,25). The fourth-order valence-electron chi connectivity index (χ4n) is 2.08. The van der Waals surface area contributed by atoms with E-state index in [1.807, 2.05) is 4.98 Å². The number of halogens is 2. The van der Waals surface area contributed by atoms with Crippen molar-refractivity contribution in [2.45, 2.75) is 0 Å². The molecule has 1 aromatic carbocycles. The van der Waals surface area contributed by atoms with Crippen LogP contribution < -0.4 is 21.5 Å². The van der Waals surface area contributed by atoms with Crippen molar-refractivity contribution in [3.05, 3.63) is 65.1 Å². The summed E-state index contributed by atoms with van der Waals surface area (Å²) in [7, 11) is 1.56. The van der Waals surface area contributed by atoms with Crippen molar-refractivity contribution in [1.29, 1.82) is 5.26 Å². The lowest BCUT2D eigenvalue weighted by molar-refractivity contribution is 0.431. The van der Waals surface area contributed by atoms with Gasteiger partial charge in [-0.1, -0.05) is 23.2 Å². The van der Waals surface area contributed by atoms with Crippen LogP contribution in [-0.2, 0) is 7.05 Å². The summed E-state index contributed by atoms with van der Waals surface area (Å²) in [5.74, 6) is 0.210. The lowest BCUT2D eigenvalue weighted by Gasteiger charge is -2.12.